The van der Waals surface area contributed by atoms with Crippen LogP contribution in [-0.4, -0.2) is 9.55 Å². The van der Waals surface area contributed by atoms with Crippen molar-refractivity contribution in [2.24, 2.45) is 0 Å². The van der Waals surface area contributed by atoms with E-state index in [9.17, 15) is 0 Å². The van der Waals surface area contributed by atoms with Crippen LogP contribution < -0.4 is 0 Å². The maximum absolute atomic E-state index is 5.21. The van der Waals surface area contributed by atoms with Crippen molar-refractivity contribution in [2.75, 3.05) is 0 Å². The van der Waals surface area contributed by atoms with Crippen molar-refractivity contribution in [2.45, 2.75) is 20.4 Å². The molecular formula is C12H14N2S. The highest BCUT2D eigenvalue weighted by atomic mass is 32.1. The second-order valence-electron chi connectivity index (χ2n) is 3.81. The summed E-state index contributed by atoms with van der Waals surface area (Å²) in [5, 5.41) is 0. The summed E-state index contributed by atoms with van der Waals surface area (Å²) < 4.78 is 2.89. The Morgan fingerprint density at radius 2 is 2.13 bits per heavy atom. The maximum Gasteiger partial charge on any atom is 0.177 e. The van der Waals surface area contributed by atoms with Crippen molar-refractivity contribution in [1.29, 1.82) is 0 Å². The molecule has 1 aromatic carbocycles. The summed E-state index contributed by atoms with van der Waals surface area (Å²) in [7, 11) is 0. The van der Waals surface area contributed by atoms with Gasteiger partial charge in [0.05, 0.1) is 6.54 Å². The molecule has 1 N–H and O–H groups in total. The summed E-state index contributed by atoms with van der Waals surface area (Å²) in [4.78, 5) is 3.05. The van der Waals surface area contributed by atoms with E-state index in [0.29, 0.717) is 0 Å². The summed E-state index contributed by atoms with van der Waals surface area (Å²) in [5.74, 6) is 0. The van der Waals surface area contributed by atoms with Crippen LogP contribution in [0.1, 0.15) is 16.8 Å². The van der Waals surface area contributed by atoms with Crippen molar-refractivity contribution in [3.8, 4) is 0 Å². The van der Waals surface area contributed by atoms with Crippen LogP contribution >= 0.6 is 12.2 Å². The number of hydrogen-bond donors (Lipinski definition) is 1. The molecule has 0 aliphatic heterocycles. The van der Waals surface area contributed by atoms with Gasteiger partial charge in [0, 0.05) is 11.9 Å². The zero-order valence-electron chi connectivity index (χ0n) is 8.95. The molecule has 3 heteroatoms. The van der Waals surface area contributed by atoms with Gasteiger partial charge in [0.25, 0.3) is 0 Å². The van der Waals surface area contributed by atoms with Gasteiger partial charge >= 0.3 is 0 Å². The van der Waals surface area contributed by atoms with Crippen molar-refractivity contribution < 1.29 is 0 Å². The van der Waals surface area contributed by atoms with Gasteiger partial charge in [-0.15, -0.1) is 0 Å². The fraction of sp³-hybridized carbons (Fsp3) is 0.250. The van der Waals surface area contributed by atoms with Gasteiger partial charge in [0.15, 0.2) is 4.77 Å². The molecule has 0 saturated heterocycles. The Labute approximate surface area is 94.6 Å². The van der Waals surface area contributed by atoms with E-state index in [1.165, 1.54) is 16.8 Å². The lowest BCUT2D eigenvalue weighted by Crippen LogP contribution is -2.01. The maximum atomic E-state index is 5.21. The van der Waals surface area contributed by atoms with Gasteiger partial charge in [0.1, 0.15) is 0 Å². The largest absolute Gasteiger partial charge is 0.337 e. The fourth-order valence-corrected chi connectivity index (χ4v) is 1.94. The zero-order valence-corrected chi connectivity index (χ0v) is 9.77. The van der Waals surface area contributed by atoms with Gasteiger partial charge in [-0.2, -0.15) is 0 Å². The van der Waals surface area contributed by atoms with Crippen LogP contribution in [0.4, 0.5) is 0 Å². The average Bonchev–Trinajstić information content (AvgIpc) is 2.50. The highest BCUT2D eigenvalue weighted by Gasteiger charge is 2.00. The first-order chi connectivity index (χ1) is 7.16. The Bertz CT molecular complexity index is 522. The topological polar surface area (TPSA) is 20.7 Å². The third-order valence-corrected chi connectivity index (χ3v) is 2.84. The van der Waals surface area contributed by atoms with Crippen LogP contribution in [-0.2, 0) is 6.54 Å². The first-order valence-electron chi connectivity index (χ1n) is 4.97. The van der Waals surface area contributed by atoms with E-state index in [1.807, 2.05) is 6.20 Å². The lowest BCUT2D eigenvalue weighted by molar-refractivity contribution is 0.757. The average molecular weight is 218 g/mol. The summed E-state index contributed by atoms with van der Waals surface area (Å²) in [6, 6.07) is 8.50. The van der Waals surface area contributed by atoms with E-state index in [4.69, 9.17) is 12.2 Å². The molecule has 0 aliphatic rings. The first kappa shape index (κ1) is 10.2. The molecule has 1 aromatic heterocycles. The molecule has 78 valence electrons. The summed E-state index contributed by atoms with van der Waals surface area (Å²) in [6.45, 7) is 5.00. The van der Waals surface area contributed by atoms with Crippen molar-refractivity contribution in [3.63, 3.8) is 0 Å². The second-order valence-corrected chi connectivity index (χ2v) is 4.20. The van der Waals surface area contributed by atoms with E-state index in [1.54, 1.807) is 0 Å². The number of aryl methyl sites for hydroxylation is 2. The molecule has 1 heterocycles. The molecule has 2 rings (SSSR count). The highest BCUT2D eigenvalue weighted by Crippen LogP contribution is 2.08. The van der Waals surface area contributed by atoms with Crippen LogP contribution in [0.15, 0.2) is 30.5 Å². The predicted octanol–water partition coefficient (Wildman–Crippen LogP) is 3.21. The molecule has 0 saturated carbocycles. The van der Waals surface area contributed by atoms with Crippen molar-refractivity contribution in [1.82, 2.24) is 9.55 Å². The van der Waals surface area contributed by atoms with Crippen LogP contribution in [0.2, 0.25) is 0 Å². The molecule has 0 spiro atoms. The van der Waals surface area contributed by atoms with Gasteiger partial charge < -0.3 is 9.55 Å². The Kier molecular flexibility index (Phi) is 2.73. The Balaban J connectivity index is 2.33. The molecule has 0 bridgehead atoms. The summed E-state index contributed by atoms with van der Waals surface area (Å²) in [6.07, 6.45) is 1.94. The van der Waals surface area contributed by atoms with Gasteiger partial charge in [0.2, 0.25) is 0 Å². The van der Waals surface area contributed by atoms with Gasteiger partial charge in [-0.1, -0.05) is 29.8 Å². The zero-order chi connectivity index (χ0) is 10.8. The highest BCUT2D eigenvalue weighted by molar-refractivity contribution is 7.71. The molecule has 2 nitrogen and oxygen atoms in total. The Morgan fingerprint density at radius 1 is 1.33 bits per heavy atom. The molecule has 0 amide bonds. The van der Waals surface area contributed by atoms with Gasteiger partial charge in [-0.3, -0.25) is 0 Å². The van der Waals surface area contributed by atoms with Crippen molar-refractivity contribution >= 4 is 12.2 Å². The van der Waals surface area contributed by atoms with E-state index in [2.05, 4.69) is 47.7 Å². The third kappa shape index (κ3) is 2.18. The van der Waals surface area contributed by atoms with E-state index < -0.39 is 0 Å². The minimum absolute atomic E-state index is 0.786. The lowest BCUT2D eigenvalue weighted by atomic mass is 10.1. The molecular weight excluding hydrogens is 204 g/mol. The summed E-state index contributed by atoms with van der Waals surface area (Å²) >= 11 is 5.21. The predicted molar refractivity (Wildman–Crippen MR) is 64.6 cm³/mol. The van der Waals surface area contributed by atoms with Gasteiger partial charge in [-0.25, -0.2) is 0 Å². The van der Waals surface area contributed by atoms with E-state index in [-0.39, 0.29) is 0 Å². The number of benzene rings is 1. The normalized spacial score (nSPS) is 10.5. The van der Waals surface area contributed by atoms with Crippen molar-refractivity contribution in [3.05, 3.63) is 52.1 Å². The van der Waals surface area contributed by atoms with Gasteiger partial charge in [-0.05, 0) is 31.6 Å². The number of H-pyrrole nitrogens is 1. The lowest BCUT2D eigenvalue weighted by Gasteiger charge is -2.06. The smallest absolute Gasteiger partial charge is 0.177 e. The number of imidazole rings is 1. The van der Waals surface area contributed by atoms with Crippen LogP contribution in [0.5, 0.6) is 0 Å². The summed E-state index contributed by atoms with van der Waals surface area (Å²) in [5.41, 5.74) is 3.74. The SMILES string of the molecule is Cc1cccc(Cn2c(C)c[nH]c2=S)c1. The van der Waals surface area contributed by atoms with Crippen LogP contribution in [0.3, 0.4) is 0 Å². The molecule has 2 aromatic rings. The van der Waals surface area contributed by atoms with Crippen LogP contribution in [0.25, 0.3) is 0 Å². The number of nitrogens with zero attached hydrogens (tertiary/aromatic N) is 1. The molecule has 0 atom stereocenters. The Hall–Kier alpha value is -1.35. The molecule has 15 heavy (non-hydrogen) atoms. The molecule has 0 fully saturated rings. The fourth-order valence-electron chi connectivity index (χ4n) is 1.67. The van der Waals surface area contributed by atoms with Crippen LogP contribution in [0, 0.1) is 18.6 Å². The third-order valence-electron chi connectivity index (χ3n) is 2.50. The standard InChI is InChI=1S/C12H14N2S/c1-9-4-3-5-11(6-9)8-14-10(2)7-13-12(14)15/h3-7H,8H2,1-2H3,(H,13,15). The molecule has 0 radical (unpaired) electrons. The Morgan fingerprint density at radius 3 is 2.73 bits per heavy atom. The number of aromatic nitrogens is 2. The number of aromatic amines is 1. The van der Waals surface area contributed by atoms with E-state index >= 15 is 0 Å². The number of hydrogen-bond acceptors (Lipinski definition) is 1. The monoisotopic (exact) mass is 218 g/mol. The number of nitrogens with one attached hydrogen (secondary N) is 1. The second kappa shape index (κ2) is 4.03. The number of rotatable bonds is 2. The minimum Gasteiger partial charge on any atom is -0.337 e. The molecule has 0 aliphatic carbocycles. The first-order valence-corrected chi connectivity index (χ1v) is 5.38. The van der Waals surface area contributed by atoms with E-state index in [0.717, 1.165) is 11.3 Å². The molecule has 0 unspecified atom stereocenters. The quantitative estimate of drug-likeness (QED) is 0.768. The minimum atomic E-state index is 0.786.